The lowest BCUT2D eigenvalue weighted by atomic mass is 9.55. The number of hydrogen-bond acceptors (Lipinski definition) is 1. The molecule has 1 aliphatic heterocycles. The van der Waals surface area contributed by atoms with Crippen molar-refractivity contribution in [1.82, 2.24) is 4.98 Å². The van der Waals surface area contributed by atoms with Gasteiger partial charge in [0, 0.05) is 33.5 Å². The van der Waals surface area contributed by atoms with Crippen molar-refractivity contribution in [2.45, 2.75) is 97.3 Å². The molecule has 4 bridgehead atoms. The van der Waals surface area contributed by atoms with E-state index < -0.39 is 34.6 Å². The van der Waals surface area contributed by atoms with E-state index in [1.54, 1.807) is 12.1 Å². The molecule has 0 saturated heterocycles. The van der Waals surface area contributed by atoms with Gasteiger partial charge in [0.15, 0.2) is 23.3 Å². The van der Waals surface area contributed by atoms with E-state index in [1.165, 1.54) is 25.7 Å². The molecular weight excluding hydrogens is 567 g/mol. The molecule has 44 heavy (non-hydrogen) atoms. The summed E-state index contributed by atoms with van der Waals surface area (Å²) in [6, 6.07) is 3.71. The smallest absolute Gasteiger partial charge is 0.200 e. The van der Waals surface area contributed by atoms with Crippen LogP contribution in [0, 0.1) is 70.0 Å². The van der Waals surface area contributed by atoms with Crippen LogP contribution in [0.4, 0.5) is 22.0 Å². The predicted octanol–water partition coefficient (Wildman–Crippen LogP) is 10.4. The number of halogens is 5. The van der Waals surface area contributed by atoms with Crippen LogP contribution < -0.4 is 0 Å². The second-order valence-corrected chi connectivity index (χ2v) is 15.7. The number of aromatic amines is 1. The summed E-state index contributed by atoms with van der Waals surface area (Å²) in [5.74, 6) is -6.32. The summed E-state index contributed by atoms with van der Waals surface area (Å²) < 4.78 is 74.7. The van der Waals surface area contributed by atoms with Crippen LogP contribution in [0.1, 0.15) is 109 Å². The van der Waals surface area contributed by atoms with Crippen molar-refractivity contribution < 1.29 is 22.0 Å². The van der Waals surface area contributed by atoms with Crippen molar-refractivity contribution in [3.05, 3.63) is 76.0 Å². The van der Waals surface area contributed by atoms with E-state index in [4.69, 9.17) is 4.99 Å². The van der Waals surface area contributed by atoms with E-state index in [9.17, 15) is 13.2 Å². The van der Waals surface area contributed by atoms with Gasteiger partial charge in [-0.1, -0.05) is 27.7 Å². The highest BCUT2D eigenvalue weighted by Gasteiger charge is 2.48. The summed E-state index contributed by atoms with van der Waals surface area (Å²) in [5, 5.41) is 0. The number of allylic oxidation sites excluding steroid dienone is 2. The van der Waals surface area contributed by atoms with Crippen molar-refractivity contribution >= 4 is 11.3 Å². The second-order valence-electron chi connectivity index (χ2n) is 15.7. The normalized spacial score (nSPS) is 37.7. The molecule has 7 rings (SSSR count). The van der Waals surface area contributed by atoms with Gasteiger partial charge in [-0.05, 0) is 124 Å². The van der Waals surface area contributed by atoms with E-state index in [0.29, 0.717) is 41.2 Å². The average molecular weight is 611 g/mol. The molecule has 1 aromatic heterocycles. The minimum Gasteiger partial charge on any atom is -0.358 e. The van der Waals surface area contributed by atoms with Gasteiger partial charge in [0.2, 0.25) is 5.82 Å². The highest BCUT2D eigenvalue weighted by Crippen LogP contribution is 2.56. The number of rotatable bonds is 4. The molecule has 236 valence electrons. The lowest BCUT2D eigenvalue weighted by Crippen LogP contribution is -2.43. The van der Waals surface area contributed by atoms with Crippen LogP contribution in [0.3, 0.4) is 0 Å². The van der Waals surface area contributed by atoms with Gasteiger partial charge in [0.25, 0.3) is 0 Å². The molecule has 4 unspecified atom stereocenters. The Bertz CT molecular complexity index is 1510. The van der Waals surface area contributed by atoms with Crippen molar-refractivity contribution in [2.75, 3.05) is 0 Å². The zero-order valence-electron chi connectivity index (χ0n) is 26.2. The lowest BCUT2D eigenvalue weighted by Gasteiger charge is -2.49. The van der Waals surface area contributed by atoms with Crippen molar-refractivity contribution in [3.8, 4) is 0 Å². The van der Waals surface area contributed by atoms with Crippen LogP contribution in [-0.4, -0.2) is 10.7 Å². The van der Waals surface area contributed by atoms with Gasteiger partial charge < -0.3 is 4.98 Å². The molecule has 7 heteroatoms. The Morgan fingerprint density at radius 2 is 1.11 bits per heavy atom. The zero-order chi connectivity index (χ0) is 31.1. The monoisotopic (exact) mass is 610 g/mol. The molecule has 0 radical (unpaired) electrons. The summed E-state index contributed by atoms with van der Waals surface area (Å²) in [6.45, 7) is 9.11. The Balaban J connectivity index is 1.39. The van der Waals surface area contributed by atoms with Crippen LogP contribution in [-0.2, 0) is 5.41 Å². The number of aromatic nitrogens is 1. The van der Waals surface area contributed by atoms with Crippen molar-refractivity contribution in [3.63, 3.8) is 0 Å². The standard InChI is InChI=1S/C37H43F5N2/c1-19-9-23-10-20(2)14-36(13-19,17-23)27-7-5-25(43-27)29(30-31(38)33(40)35(42)34(41)32(30)39)26-6-8-28(44-26)37-15-21(3)11-24(18-37)12-22(4)16-37/h5-8,19-24,43H,9-18H2,1-4H3/b29-26+. The Labute approximate surface area is 257 Å². The van der Waals surface area contributed by atoms with Gasteiger partial charge in [0.1, 0.15) is 0 Å². The summed E-state index contributed by atoms with van der Waals surface area (Å²) in [6.07, 6.45) is 14.4. The van der Waals surface area contributed by atoms with Gasteiger partial charge in [-0.25, -0.2) is 22.0 Å². The molecule has 1 aromatic carbocycles. The van der Waals surface area contributed by atoms with E-state index in [1.807, 2.05) is 12.1 Å². The van der Waals surface area contributed by atoms with Gasteiger partial charge in [-0.15, -0.1) is 0 Å². The number of nitrogens with zero attached hydrogens (tertiary/aromatic N) is 1. The Morgan fingerprint density at radius 1 is 0.636 bits per heavy atom. The SMILES string of the molecule is CC1CC2CC(C)CC(C3=N/C(=C(\c4ccc(C56CC(C)CC(CC(C)C5)C6)[nH]4)c4c(F)c(F)c(F)c(F)c4F)C=C3)(C1)C2. The summed E-state index contributed by atoms with van der Waals surface area (Å²) >= 11 is 0. The zero-order valence-corrected chi connectivity index (χ0v) is 26.2. The number of fused-ring (bicyclic) bond motifs is 4. The number of aliphatic imine (C=N–C) groups is 1. The first kappa shape index (κ1) is 30.0. The highest BCUT2D eigenvalue weighted by atomic mass is 19.2. The highest BCUT2D eigenvalue weighted by molar-refractivity contribution is 6.05. The topological polar surface area (TPSA) is 28.1 Å². The lowest BCUT2D eigenvalue weighted by molar-refractivity contribution is 0.0710. The van der Waals surface area contributed by atoms with Gasteiger partial charge in [0.05, 0.1) is 11.3 Å². The molecular formula is C37H43F5N2. The first-order chi connectivity index (χ1) is 20.9. The molecule has 0 spiro atoms. The summed E-state index contributed by atoms with van der Waals surface area (Å²) in [5.41, 5.74) is 1.17. The second kappa shape index (κ2) is 10.7. The molecule has 4 saturated carbocycles. The number of benzene rings is 1. The molecule has 1 N–H and O–H groups in total. The maximum atomic E-state index is 15.6. The van der Waals surface area contributed by atoms with Gasteiger partial charge in [-0.3, -0.25) is 4.99 Å². The van der Waals surface area contributed by atoms with E-state index in [2.05, 4.69) is 32.7 Å². The summed E-state index contributed by atoms with van der Waals surface area (Å²) in [7, 11) is 0. The fraction of sp³-hybridized carbons (Fsp3) is 0.595. The van der Waals surface area contributed by atoms with Crippen LogP contribution in [0.2, 0.25) is 0 Å². The fourth-order valence-corrected chi connectivity index (χ4v) is 10.9. The van der Waals surface area contributed by atoms with Crippen LogP contribution in [0.15, 0.2) is 35.0 Å². The molecule has 2 nitrogen and oxygen atoms in total. The predicted molar refractivity (Wildman–Crippen MR) is 164 cm³/mol. The quantitative estimate of drug-likeness (QED) is 0.203. The van der Waals surface area contributed by atoms with E-state index >= 15 is 8.78 Å². The number of nitrogens with one attached hydrogen (secondary N) is 1. The Morgan fingerprint density at radius 3 is 1.66 bits per heavy atom. The van der Waals surface area contributed by atoms with Crippen LogP contribution >= 0.6 is 0 Å². The third kappa shape index (κ3) is 4.83. The third-order valence-electron chi connectivity index (χ3n) is 11.7. The van der Waals surface area contributed by atoms with Crippen molar-refractivity contribution in [2.24, 2.45) is 45.9 Å². The molecule has 4 fully saturated rings. The molecule has 5 aliphatic rings. The van der Waals surface area contributed by atoms with Gasteiger partial charge >= 0.3 is 0 Å². The van der Waals surface area contributed by atoms with Gasteiger partial charge in [-0.2, -0.15) is 0 Å². The van der Waals surface area contributed by atoms with Crippen LogP contribution in [0.25, 0.3) is 5.57 Å². The molecule has 2 heterocycles. The summed E-state index contributed by atoms with van der Waals surface area (Å²) in [4.78, 5) is 8.48. The van der Waals surface area contributed by atoms with Crippen molar-refractivity contribution in [1.29, 1.82) is 0 Å². The number of hydrogen-bond donors (Lipinski definition) is 1. The van der Waals surface area contributed by atoms with E-state index in [0.717, 1.165) is 49.9 Å². The Kier molecular flexibility index (Phi) is 7.28. The Hall–Kier alpha value is -2.70. The third-order valence-corrected chi connectivity index (χ3v) is 11.7. The first-order valence-electron chi connectivity index (χ1n) is 16.6. The minimum absolute atomic E-state index is 0.0726. The maximum absolute atomic E-state index is 15.6. The molecule has 4 atom stereocenters. The fourth-order valence-electron chi connectivity index (χ4n) is 10.9. The maximum Gasteiger partial charge on any atom is 0.200 e. The largest absolute Gasteiger partial charge is 0.358 e. The molecule has 0 amide bonds. The molecule has 4 aliphatic carbocycles. The molecule has 2 aromatic rings. The minimum atomic E-state index is -2.15. The average Bonchev–Trinajstić information content (AvgIpc) is 3.63. The first-order valence-corrected chi connectivity index (χ1v) is 16.6. The van der Waals surface area contributed by atoms with Crippen LogP contribution in [0.5, 0.6) is 0 Å². The van der Waals surface area contributed by atoms with E-state index in [-0.39, 0.29) is 22.1 Å². The number of H-pyrrole nitrogens is 1.